The Kier molecular flexibility index (Phi) is 5.30. The van der Waals surface area contributed by atoms with Crippen molar-refractivity contribution in [2.75, 3.05) is 6.26 Å². The molecule has 8 nitrogen and oxygen atoms in total. The summed E-state index contributed by atoms with van der Waals surface area (Å²) in [6, 6.07) is 8.81. The molecular weight excluding hydrogens is 396 g/mol. The van der Waals surface area contributed by atoms with Gasteiger partial charge in [-0.1, -0.05) is 0 Å². The average molecular weight is 418 g/mol. The van der Waals surface area contributed by atoms with Crippen molar-refractivity contribution in [2.45, 2.75) is 44.6 Å². The van der Waals surface area contributed by atoms with Gasteiger partial charge in [-0.15, -0.1) is 0 Å². The van der Waals surface area contributed by atoms with Gasteiger partial charge in [0.1, 0.15) is 17.5 Å². The highest BCUT2D eigenvalue weighted by molar-refractivity contribution is 7.86. The van der Waals surface area contributed by atoms with E-state index in [-0.39, 0.29) is 0 Å². The lowest BCUT2D eigenvalue weighted by molar-refractivity contribution is -0.0463. The highest BCUT2D eigenvalue weighted by Crippen LogP contribution is 2.43. The van der Waals surface area contributed by atoms with E-state index in [0.29, 0.717) is 22.4 Å². The standard InChI is InChI=1S/C20H22N2O6S/c1-12(23)14-7-8-22(17(24)10-14)18-15-9-13(11-21)5-6-16(15)27-20(2,3)19(18)28-29(4,25)26/h5-10,12,18-19,23H,1-4H3/t12?,18-,19+/m1/s1. The summed E-state index contributed by atoms with van der Waals surface area (Å²) >= 11 is 0. The number of hydrogen-bond donors (Lipinski definition) is 1. The molecule has 2 aromatic rings. The van der Waals surface area contributed by atoms with Gasteiger partial charge in [-0.25, -0.2) is 0 Å². The molecule has 1 aliphatic heterocycles. The summed E-state index contributed by atoms with van der Waals surface area (Å²) in [6.45, 7) is 4.89. The Balaban J connectivity index is 2.28. The van der Waals surface area contributed by atoms with Gasteiger partial charge >= 0.3 is 0 Å². The van der Waals surface area contributed by atoms with E-state index in [1.54, 1.807) is 45.0 Å². The molecule has 0 saturated carbocycles. The second-order valence-electron chi connectivity index (χ2n) is 7.62. The van der Waals surface area contributed by atoms with E-state index in [2.05, 4.69) is 0 Å². The number of nitriles is 1. The van der Waals surface area contributed by atoms with E-state index in [4.69, 9.17) is 8.92 Å². The molecule has 0 bridgehead atoms. The summed E-state index contributed by atoms with van der Waals surface area (Å²) in [5.41, 5.74) is -0.310. The van der Waals surface area contributed by atoms with Gasteiger partial charge in [-0.05, 0) is 50.6 Å². The van der Waals surface area contributed by atoms with Gasteiger partial charge in [0.05, 0.1) is 30.0 Å². The van der Waals surface area contributed by atoms with Crippen LogP contribution in [-0.4, -0.2) is 36.1 Å². The minimum absolute atomic E-state index is 0.337. The van der Waals surface area contributed by atoms with Gasteiger partial charge in [-0.3, -0.25) is 8.98 Å². The summed E-state index contributed by atoms with van der Waals surface area (Å²) in [7, 11) is -3.89. The Hall–Kier alpha value is -2.67. The fourth-order valence-corrected chi connectivity index (χ4v) is 4.19. The first-order valence-electron chi connectivity index (χ1n) is 8.94. The molecule has 2 heterocycles. The molecular formula is C20H22N2O6S. The normalized spacial score (nSPS) is 21.5. The first-order chi connectivity index (χ1) is 13.4. The van der Waals surface area contributed by atoms with Crippen molar-refractivity contribution in [1.29, 1.82) is 5.26 Å². The lowest BCUT2D eigenvalue weighted by Crippen LogP contribution is -2.54. The molecule has 3 rings (SSSR count). The van der Waals surface area contributed by atoms with E-state index < -0.39 is 39.5 Å². The number of fused-ring (bicyclic) bond motifs is 1. The van der Waals surface area contributed by atoms with Gasteiger partial charge in [0, 0.05) is 17.8 Å². The summed E-state index contributed by atoms with van der Waals surface area (Å²) in [5, 5.41) is 19.0. The second kappa shape index (κ2) is 7.30. The molecule has 0 saturated heterocycles. The monoisotopic (exact) mass is 418 g/mol. The number of benzene rings is 1. The lowest BCUT2D eigenvalue weighted by atomic mass is 9.85. The van der Waals surface area contributed by atoms with Crippen molar-refractivity contribution in [2.24, 2.45) is 0 Å². The quantitative estimate of drug-likeness (QED) is 0.753. The maximum Gasteiger partial charge on any atom is 0.264 e. The topological polar surface area (TPSA) is 119 Å². The van der Waals surface area contributed by atoms with E-state index in [9.17, 15) is 23.6 Å². The minimum Gasteiger partial charge on any atom is -0.485 e. The molecule has 0 amide bonds. The molecule has 9 heteroatoms. The van der Waals surface area contributed by atoms with E-state index >= 15 is 0 Å². The Labute approximate surface area is 169 Å². The van der Waals surface area contributed by atoms with Crippen LogP contribution in [-0.2, 0) is 14.3 Å². The number of aliphatic hydroxyl groups is 1. The maximum absolute atomic E-state index is 12.9. The fraction of sp³-hybridized carbons (Fsp3) is 0.400. The van der Waals surface area contributed by atoms with Gasteiger partial charge in [0.25, 0.3) is 15.7 Å². The van der Waals surface area contributed by atoms with Crippen LogP contribution in [0.2, 0.25) is 0 Å². The van der Waals surface area contributed by atoms with Crippen molar-refractivity contribution < 1.29 is 22.4 Å². The van der Waals surface area contributed by atoms with Crippen LogP contribution in [0.3, 0.4) is 0 Å². The van der Waals surface area contributed by atoms with Crippen LogP contribution < -0.4 is 10.3 Å². The fourth-order valence-electron chi connectivity index (χ4n) is 3.47. The predicted molar refractivity (Wildman–Crippen MR) is 105 cm³/mol. The smallest absolute Gasteiger partial charge is 0.264 e. The third kappa shape index (κ3) is 4.19. The highest BCUT2D eigenvalue weighted by Gasteiger charge is 2.48. The molecule has 0 fully saturated rings. The number of pyridine rings is 1. The number of aliphatic hydroxyl groups excluding tert-OH is 1. The zero-order valence-corrected chi connectivity index (χ0v) is 17.3. The van der Waals surface area contributed by atoms with Crippen molar-refractivity contribution in [3.63, 3.8) is 0 Å². The van der Waals surface area contributed by atoms with E-state index in [1.165, 1.54) is 16.8 Å². The molecule has 0 spiro atoms. The van der Waals surface area contributed by atoms with E-state index in [0.717, 1.165) is 6.26 Å². The van der Waals surface area contributed by atoms with Crippen LogP contribution in [0.15, 0.2) is 41.3 Å². The zero-order valence-electron chi connectivity index (χ0n) is 16.5. The van der Waals surface area contributed by atoms with Crippen LogP contribution >= 0.6 is 0 Å². The summed E-state index contributed by atoms with van der Waals surface area (Å²) in [5.74, 6) is 0.429. The molecule has 1 aliphatic rings. The largest absolute Gasteiger partial charge is 0.485 e. The number of aromatic nitrogens is 1. The van der Waals surface area contributed by atoms with Crippen molar-refractivity contribution in [3.05, 3.63) is 63.6 Å². The van der Waals surface area contributed by atoms with Crippen LogP contribution in [0.5, 0.6) is 5.75 Å². The minimum atomic E-state index is -3.89. The number of rotatable bonds is 4. The summed E-state index contributed by atoms with van der Waals surface area (Å²) < 4.78 is 36.6. The Bertz CT molecular complexity index is 1140. The molecule has 1 N–H and O–H groups in total. The van der Waals surface area contributed by atoms with Gasteiger partial charge in [0.15, 0.2) is 0 Å². The first kappa shape index (κ1) is 21.0. The predicted octanol–water partition coefficient (Wildman–Crippen LogP) is 1.88. The summed E-state index contributed by atoms with van der Waals surface area (Å²) in [6.07, 6.45) is 0.511. The van der Waals surface area contributed by atoms with Crippen molar-refractivity contribution in [1.82, 2.24) is 4.57 Å². The lowest BCUT2D eigenvalue weighted by Gasteiger charge is -2.44. The molecule has 29 heavy (non-hydrogen) atoms. The number of nitrogens with zero attached hydrogens (tertiary/aromatic N) is 2. The molecule has 154 valence electrons. The molecule has 0 radical (unpaired) electrons. The molecule has 3 atom stereocenters. The average Bonchev–Trinajstić information content (AvgIpc) is 2.61. The van der Waals surface area contributed by atoms with Crippen molar-refractivity contribution in [3.8, 4) is 11.8 Å². The van der Waals surface area contributed by atoms with E-state index in [1.807, 2.05) is 6.07 Å². The molecule has 0 aliphatic carbocycles. The highest BCUT2D eigenvalue weighted by atomic mass is 32.2. The molecule has 1 unspecified atom stereocenters. The third-order valence-electron chi connectivity index (χ3n) is 4.84. The van der Waals surface area contributed by atoms with Gasteiger partial charge < -0.3 is 14.4 Å². The van der Waals surface area contributed by atoms with Crippen LogP contribution in [0.25, 0.3) is 0 Å². The molecule has 1 aromatic heterocycles. The second-order valence-corrected chi connectivity index (χ2v) is 9.22. The Morgan fingerprint density at radius 1 is 1.31 bits per heavy atom. The molecule has 1 aromatic carbocycles. The van der Waals surface area contributed by atoms with Gasteiger partial charge in [0.2, 0.25) is 0 Å². The SMILES string of the molecule is CC(O)c1ccn([C@@H]2c3cc(C#N)ccc3OC(C)(C)[C@H]2OS(C)(=O)=O)c(=O)c1. The van der Waals surface area contributed by atoms with Crippen LogP contribution in [0.1, 0.15) is 49.6 Å². The van der Waals surface area contributed by atoms with Crippen molar-refractivity contribution >= 4 is 10.1 Å². The number of hydrogen-bond acceptors (Lipinski definition) is 7. The third-order valence-corrected chi connectivity index (χ3v) is 5.39. The number of ether oxygens (including phenoxy) is 1. The summed E-state index contributed by atoms with van der Waals surface area (Å²) in [4.78, 5) is 12.9. The zero-order chi connectivity index (χ0) is 21.6. The Morgan fingerprint density at radius 3 is 2.55 bits per heavy atom. The van der Waals surface area contributed by atoms with Crippen LogP contribution in [0.4, 0.5) is 0 Å². The first-order valence-corrected chi connectivity index (χ1v) is 10.8. The van der Waals surface area contributed by atoms with Crippen LogP contribution in [0, 0.1) is 11.3 Å². The van der Waals surface area contributed by atoms with Gasteiger partial charge in [-0.2, -0.15) is 13.7 Å². The maximum atomic E-state index is 12.9. The Morgan fingerprint density at radius 2 is 2.00 bits per heavy atom.